The number of nitrogens with one attached hydrogen (secondary N) is 1. The lowest BCUT2D eigenvalue weighted by Gasteiger charge is -2.06. The van der Waals surface area contributed by atoms with Crippen LogP contribution in [0.3, 0.4) is 0 Å². The van der Waals surface area contributed by atoms with Crippen LogP contribution in [0.2, 0.25) is 0 Å². The number of hydrogen-bond donors (Lipinski definition) is 1. The van der Waals surface area contributed by atoms with Crippen molar-refractivity contribution in [2.75, 3.05) is 12.9 Å². The first kappa shape index (κ1) is 19.8. The highest BCUT2D eigenvalue weighted by Crippen LogP contribution is 2.29. The standard InChI is InChI=1S/C18H17F3N2O2S/c1-25-16-7-5-13(6-8-16)11-26-12-17(24)23-22-10-14-3-2-4-15(9-14)18(19,20)21/h2-10H,11-12H2,1H3,(H,23,24)/b22-10-. The first-order valence-electron chi connectivity index (χ1n) is 7.58. The maximum absolute atomic E-state index is 12.6. The molecule has 1 amide bonds. The monoisotopic (exact) mass is 382 g/mol. The summed E-state index contributed by atoms with van der Waals surface area (Å²) in [5.74, 6) is 1.27. The lowest BCUT2D eigenvalue weighted by Crippen LogP contribution is -2.19. The number of hydrazone groups is 1. The van der Waals surface area contributed by atoms with E-state index in [0.29, 0.717) is 5.75 Å². The molecule has 0 aliphatic carbocycles. The highest BCUT2D eigenvalue weighted by Gasteiger charge is 2.30. The van der Waals surface area contributed by atoms with Crippen molar-refractivity contribution in [3.05, 3.63) is 65.2 Å². The maximum Gasteiger partial charge on any atom is 0.416 e. The molecule has 0 heterocycles. The van der Waals surface area contributed by atoms with E-state index < -0.39 is 11.7 Å². The molecule has 0 atom stereocenters. The number of rotatable bonds is 7. The van der Waals surface area contributed by atoms with Crippen LogP contribution < -0.4 is 10.2 Å². The topological polar surface area (TPSA) is 50.7 Å². The fraction of sp³-hybridized carbons (Fsp3) is 0.222. The number of carbonyl (C=O) groups excluding carboxylic acids is 1. The summed E-state index contributed by atoms with van der Waals surface area (Å²) in [7, 11) is 1.59. The van der Waals surface area contributed by atoms with Crippen LogP contribution in [0, 0.1) is 0 Å². The Balaban J connectivity index is 1.76. The van der Waals surface area contributed by atoms with Gasteiger partial charge in [-0.25, -0.2) is 5.43 Å². The minimum absolute atomic E-state index is 0.186. The number of nitrogens with zero attached hydrogens (tertiary/aromatic N) is 1. The van der Waals surface area contributed by atoms with Gasteiger partial charge in [0, 0.05) is 5.75 Å². The average molecular weight is 382 g/mol. The van der Waals surface area contributed by atoms with E-state index in [0.717, 1.165) is 23.4 Å². The Hall–Kier alpha value is -2.48. The van der Waals surface area contributed by atoms with Gasteiger partial charge in [0.15, 0.2) is 0 Å². The molecule has 0 fully saturated rings. The van der Waals surface area contributed by atoms with Crippen molar-refractivity contribution in [2.45, 2.75) is 11.9 Å². The molecular weight excluding hydrogens is 365 g/mol. The molecule has 0 unspecified atom stereocenters. The van der Waals surface area contributed by atoms with Crippen LogP contribution in [0.25, 0.3) is 0 Å². The molecule has 0 spiro atoms. The van der Waals surface area contributed by atoms with Crippen molar-refractivity contribution in [2.24, 2.45) is 5.10 Å². The fourth-order valence-electron chi connectivity index (χ4n) is 1.99. The van der Waals surface area contributed by atoms with Gasteiger partial charge in [0.25, 0.3) is 0 Å². The Morgan fingerprint density at radius 1 is 1.23 bits per heavy atom. The second kappa shape index (κ2) is 9.28. The molecule has 0 saturated heterocycles. The van der Waals surface area contributed by atoms with Crippen molar-refractivity contribution in [3.8, 4) is 5.75 Å². The molecule has 0 saturated carbocycles. The second-order valence-corrected chi connectivity index (χ2v) is 6.24. The van der Waals surface area contributed by atoms with Crippen LogP contribution in [0.15, 0.2) is 53.6 Å². The zero-order valence-corrected chi connectivity index (χ0v) is 14.7. The number of amides is 1. The largest absolute Gasteiger partial charge is 0.497 e. The van der Waals surface area contributed by atoms with Crippen LogP contribution in [0.4, 0.5) is 13.2 Å². The van der Waals surface area contributed by atoms with E-state index in [2.05, 4.69) is 10.5 Å². The van der Waals surface area contributed by atoms with E-state index in [1.54, 1.807) is 7.11 Å². The number of ether oxygens (including phenoxy) is 1. The number of hydrogen-bond acceptors (Lipinski definition) is 4. The predicted molar refractivity (Wildman–Crippen MR) is 96.3 cm³/mol. The van der Waals surface area contributed by atoms with Crippen molar-refractivity contribution < 1.29 is 22.7 Å². The van der Waals surface area contributed by atoms with Gasteiger partial charge >= 0.3 is 6.18 Å². The smallest absolute Gasteiger partial charge is 0.416 e. The number of carbonyl (C=O) groups is 1. The lowest BCUT2D eigenvalue weighted by atomic mass is 10.1. The van der Waals surface area contributed by atoms with E-state index in [9.17, 15) is 18.0 Å². The van der Waals surface area contributed by atoms with Crippen LogP contribution >= 0.6 is 11.8 Å². The molecule has 2 aromatic carbocycles. The first-order chi connectivity index (χ1) is 12.4. The summed E-state index contributed by atoms with van der Waals surface area (Å²) in [5.41, 5.74) is 2.85. The Kier molecular flexibility index (Phi) is 7.08. The highest BCUT2D eigenvalue weighted by molar-refractivity contribution is 7.99. The zero-order chi connectivity index (χ0) is 19.0. The molecule has 26 heavy (non-hydrogen) atoms. The van der Waals surface area contributed by atoms with Gasteiger partial charge in [0.05, 0.1) is 24.6 Å². The summed E-state index contributed by atoms with van der Waals surface area (Å²) < 4.78 is 42.9. The van der Waals surface area contributed by atoms with E-state index in [4.69, 9.17) is 4.74 Å². The van der Waals surface area contributed by atoms with E-state index in [-0.39, 0.29) is 17.2 Å². The third-order valence-electron chi connectivity index (χ3n) is 3.28. The third-order valence-corrected chi connectivity index (χ3v) is 4.28. The molecule has 0 radical (unpaired) electrons. The summed E-state index contributed by atoms with van der Waals surface area (Å²) in [6.45, 7) is 0. The SMILES string of the molecule is COc1ccc(CSCC(=O)N/N=C\c2cccc(C(F)(F)F)c2)cc1. The van der Waals surface area contributed by atoms with Gasteiger partial charge in [-0.2, -0.15) is 18.3 Å². The van der Waals surface area contributed by atoms with Crippen LogP contribution in [0.1, 0.15) is 16.7 Å². The second-order valence-electron chi connectivity index (χ2n) is 5.26. The summed E-state index contributed by atoms with van der Waals surface area (Å²) in [5, 5.41) is 3.69. The van der Waals surface area contributed by atoms with Gasteiger partial charge in [-0.05, 0) is 35.4 Å². The van der Waals surface area contributed by atoms with Gasteiger partial charge in [-0.1, -0.05) is 24.3 Å². The highest BCUT2D eigenvalue weighted by atomic mass is 32.2. The van der Waals surface area contributed by atoms with Crippen molar-refractivity contribution in [1.29, 1.82) is 0 Å². The van der Waals surface area contributed by atoms with E-state index in [1.165, 1.54) is 30.1 Å². The molecule has 0 bridgehead atoms. The lowest BCUT2D eigenvalue weighted by molar-refractivity contribution is -0.137. The summed E-state index contributed by atoms with van der Waals surface area (Å²) in [6, 6.07) is 12.2. The minimum Gasteiger partial charge on any atom is -0.497 e. The molecule has 4 nitrogen and oxygen atoms in total. The zero-order valence-electron chi connectivity index (χ0n) is 13.9. The Labute approximate surface area is 153 Å². The van der Waals surface area contributed by atoms with Gasteiger partial charge in [-0.3, -0.25) is 4.79 Å². The number of thioether (sulfide) groups is 1. The fourth-order valence-corrected chi connectivity index (χ4v) is 2.77. The van der Waals surface area contributed by atoms with Crippen LogP contribution in [-0.2, 0) is 16.7 Å². The quantitative estimate of drug-likeness (QED) is 0.580. The molecule has 0 aliphatic heterocycles. The summed E-state index contributed by atoms with van der Waals surface area (Å²) >= 11 is 1.40. The Morgan fingerprint density at radius 3 is 2.62 bits per heavy atom. The molecule has 2 aromatic rings. The number of methoxy groups -OCH3 is 1. The van der Waals surface area contributed by atoms with Gasteiger partial charge in [-0.15, -0.1) is 11.8 Å². The minimum atomic E-state index is -4.41. The van der Waals surface area contributed by atoms with Crippen LogP contribution in [-0.4, -0.2) is 25.0 Å². The van der Waals surface area contributed by atoms with E-state index in [1.807, 2.05) is 24.3 Å². The van der Waals surface area contributed by atoms with Crippen molar-refractivity contribution in [1.82, 2.24) is 5.43 Å². The van der Waals surface area contributed by atoms with Crippen molar-refractivity contribution >= 4 is 23.9 Å². The predicted octanol–water partition coefficient (Wildman–Crippen LogP) is 4.10. The van der Waals surface area contributed by atoms with Gasteiger partial charge in [0.1, 0.15) is 5.75 Å². The Bertz CT molecular complexity index is 762. The van der Waals surface area contributed by atoms with E-state index >= 15 is 0 Å². The molecule has 0 aliphatic rings. The first-order valence-corrected chi connectivity index (χ1v) is 8.74. The molecule has 138 valence electrons. The molecule has 8 heteroatoms. The molecule has 1 N–H and O–H groups in total. The molecule has 2 rings (SSSR count). The summed E-state index contributed by atoms with van der Waals surface area (Å²) in [6.07, 6.45) is -3.23. The van der Waals surface area contributed by atoms with Crippen molar-refractivity contribution in [3.63, 3.8) is 0 Å². The summed E-state index contributed by atoms with van der Waals surface area (Å²) in [4.78, 5) is 11.7. The molecular formula is C18H17F3N2O2S. The molecule has 0 aromatic heterocycles. The van der Waals surface area contributed by atoms with Crippen LogP contribution in [0.5, 0.6) is 5.75 Å². The number of alkyl halides is 3. The Morgan fingerprint density at radius 2 is 1.96 bits per heavy atom. The normalized spacial score (nSPS) is 11.5. The maximum atomic E-state index is 12.6. The van der Waals surface area contributed by atoms with Gasteiger partial charge in [0.2, 0.25) is 5.91 Å². The van der Waals surface area contributed by atoms with Gasteiger partial charge < -0.3 is 4.74 Å². The third kappa shape index (κ3) is 6.44. The number of benzene rings is 2. The number of halogens is 3. The average Bonchev–Trinajstić information content (AvgIpc) is 2.62.